The summed E-state index contributed by atoms with van der Waals surface area (Å²) in [5, 5.41) is 2.72. The average Bonchev–Trinajstić information content (AvgIpc) is 2.54. The molecule has 0 atom stereocenters. The Morgan fingerprint density at radius 3 is 2.57 bits per heavy atom. The molecule has 0 radical (unpaired) electrons. The summed E-state index contributed by atoms with van der Waals surface area (Å²) >= 11 is 5.34. The van der Waals surface area contributed by atoms with Crippen LogP contribution in [-0.4, -0.2) is 0 Å². The van der Waals surface area contributed by atoms with Gasteiger partial charge in [-0.25, -0.2) is 0 Å². The van der Waals surface area contributed by atoms with Gasteiger partial charge in [-0.3, -0.25) is 0 Å². The van der Waals surface area contributed by atoms with Crippen LogP contribution in [0.3, 0.4) is 0 Å². The molecule has 0 unspecified atom stereocenters. The first-order valence-electron chi connectivity index (χ1n) is 4.41. The van der Waals surface area contributed by atoms with Crippen molar-refractivity contribution in [3.63, 3.8) is 0 Å². The first kappa shape index (κ1) is 8.45. The summed E-state index contributed by atoms with van der Waals surface area (Å²) in [4.78, 5) is 0. The van der Waals surface area contributed by atoms with Gasteiger partial charge in [-0.05, 0) is 18.2 Å². The highest BCUT2D eigenvalue weighted by Crippen LogP contribution is 2.34. The van der Waals surface area contributed by atoms with E-state index in [-0.39, 0.29) is 0 Å². The molecule has 0 saturated carbocycles. The van der Waals surface area contributed by atoms with E-state index >= 15 is 0 Å². The third-order valence-electron chi connectivity index (χ3n) is 2.34. The van der Waals surface area contributed by atoms with E-state index in [1.807, 2.05) is 11.3 Å². The minimum Gasteiger partial charge on any atom is -0.135 e. The summed E-state index contributed by atoms with van der Waals surface area (Å²) in [5.74, 6) is 0. The molecule has 0 bridgehead atoms. The Morgan fingerprint density at radius 1 is 0.857 bits per heavy atom. The van der Waals surface area contributed by atoms with Crippen LogP contribution in [0.2, 0.25) is 0 Å². The van der Waals surface area contributed by atoms with Gasteiger partial charge in [0.15, 0.2) is 0 Å². The summed E-state index contributed by atoms with van der Waals surface area (Å²) < 4.78 is 3.86. The third-order valence-corrected chi connectivity index (χ3v) is 3.97. The van der Waals surface area contributed by atoms with Gasteiger partial charge < -0.3 is 0 Å². The third kappa shape index (κ3) is 1.18. The maximum Gasteiger partial charge on any atom is 0.0366 e. The highest BCUT2D eigenvalue weighted by molar-refractivity contribution is 9.10. The van der Waals surface area contributed by atoms with Crippen molar-refractivity contribution in [2.75, 3.05) is 0 Å². The minimum absolute atomic E-state index is 1.15. The molecule has 0 spiro atoms. The maximum atomic E-state index is 3.50. The van der Waals surface area contributed by atoms with Crippen LogP contribution in [0.25, 0.3) is 20.2 Å². The molecule has 3 rings (SSSR count). The van der Waals surface area contributed by atoms with Crippen LogP contribution in [0.5, 0.6) is 0 Å². The summed E-state index contributed by atoms with van der Waals surface area (Å²) in [6.07, 6.45) is 0. The van der Waals surface area contributed by atoms with Crippen LogP contribution in [0.15, 0.2) is 46.9 Å². The van der Waals surface area contributed by atoms with Crippen molar-refractivity contribution in [1.29, 1.82) is 0 Å². The van der Waals surface area contributed by atoms with Crippen molar-refractivity contribution < 1.29 is 0 Å². The molecule has 1 heterocycles. The monoisotopic (exact) mass is 262 g/mol. The Kier molecular flexibility index (Phi) is 1.85. The van der Waals surface area contributed by atoms with Crippen LogP contribution in [0.4, 0.5) is 0 Å². The normalized spacial score (nSPS) is 11.2. The number of hydrogen-bond acceptors (Lipinski definition) is 1. The van der Waals surface area contributed by atoms with Gasteiger partial charge in [0.2, 0.25) is 0 Å². The summed E-state index contributed by atoms with van der Waals surface area (Å²) in [6.45, 7) is 0. The Hall–Kier alpha value is -0.860. The van der Waals surface area contributed by atoms with E-state index in [2.05, 4.69) is 58.4 Å². The van der Waals surface area contributed by atoms with Crippen molar-refractivity contribution in [2.24, 2.45) is 0 Å². The molecule has 2 aromatic carbocycles. The Balaban J connectivity index is 2.57. The van der Waals surface area contributed by atoms with E-state index < -0.39 is 0 Å². The van der Waals surface area contributed by atoms with E-state index in [9.17, 15) is 0 Å². The molecule has 0 aliphatic rings. The van der Waals surface area contributed by atoms with E-state index in [1.54, 1.807) is 0 Å². The van der Waals surface area contributed by atoms with Gasteiger partial charge in [-0.2, -0.15) is 0 Å². The fourth-order valence-corrected chi connectivity index (χ4v) is 3.36. The predicted molar refractivity (Wildman–Crippen MR) is 67.0 cm³/mol. The number of hydrogen-bond donors (Lipinski definition) is 0. The molecule has 0 aliphatic heterocycles. The second-order valence-corrected chi connectivity index (χ2v) is 5.24. The Bertz CT molecular complexity index is 610. The Labute approximate surface area is 94.3 Å². The molecule has 68 valence electrons. The van der Waals surface area contributed by atoms with Gasteiger partial charge in [0.25, 0.3) is 0 Å². The van der Waals surface area contributed by atoms with Gasteiger partial charge in [-0.15, -0.1) is 11.3 Å². The van der Waals surface area contributed by atoms with Gasteiger partial charge >= 0.3 is 0 Å². The van der Waals surface area contributed by atoms with Gasteiger partial charge in [-0.1, -0.05) is 40.2 Å². The van der Waals surface area contributed by atoms with Gasteiger partial charge in [0, 0.05) is 24.6 Å². The molecule has 0 aliphatic carbocycles. The van der Waals surface area contributed by atoms with Crippen LogP contribution in [0.1, 0.15) is 0 Å². The standard InChI is InChI=1S/C12H7BrS/c13-8-5-6-10-9-3-1-2-4-11(9)14-12(10)7-8/h1-7H. The van der Waals surface area contributed by atoms with Crippen LogP contribution < -0.4 is 0 Å². The fraction of sp³-hybridized carbons (Fsp3) is 0. The quantitative estimate of drug-likeness (QED) is 0.545. The lowest BCUT2D eigenvalue weighted by Gasteiger charge is -1.91. The van der Waals surface area contributed by atoms with Crippen molar-refractivity contribution in [3.8, 4) is 0 Å². The molecule has 2 heteroatoms. The van der Waals surface area contributed by atoms with Crippen molar-refractivity contribution >= 4 is 47.4 Å². The fourth-order valence-electron chi connectivity index (χ4n) is 1.70. The molecule has 3 aromatic rings. The maximum absolute atomic E-state index is 3.50. The first-order chi connectivity index (χ1) is 6.84. The van der Waals surface area contributed by atoms with Crippen molar-refractivity contribution in [3.05, 3.63) is 46.9 Å². The number of fused-ring (bicyclic) bond motifs is 3. The van der Waals surface area contributed by atoms with E-state index in [0.717, 1.165) is 4.47 Å². The van der Waals surface area contributed by atoms with E-state index in [0.29, 0.717) is 0 Å². The molecule has 0 nitrogen and oxygen atoms in total. The zero-order valence-corrected chi connectivity index (χ0v) is 9.73. The molecule has 0 N–H and O–H groups in total. The minimum atomic E-state index is 1.15. The lowest BCUT2D eigenvalue weighted by molar-refractivity contribution is 1.77. The number of rotatable bonds is 0. The molecule has 1 aromatic heterocycles. The highest BCUT2D eigenvalue weighted by Gasteiger charge is 2.03. The molecular weight excluding hydrogens is 256 g/mol. The number of thiophene rings is 1. The molecular formula is C12H7BrS. The second kappa shape index (κ2) is 3.07. The summed E-state index contributed by atoms with van der Waals surface area (Å²) in [5.41, 5.74) is 0. The van der Waals surface area contributed by atoms with Crippen LogP contribution >= 0.6 is 27.3 Å². The lowest BCUT2D eigenvalue weighted by atomic mass is 10.2. The first-order valence-corrected chi connectivity index (χ1v) is 6.02. The van der Waals surface area contributed by atoms with Crippen LogP contribution in [-0.2, 0) is 0 Å². The molecule has 14 heavy (non-hydrogen) atoms. The SMILES string of the molecule is Brc1ccc2c(c1)sc1ccccc12. The molecule has 0 fully saturated rings. The zero-order valence-electron chi connectivity index (χ0n) is 7.33. The van der Waals surface area contributed by atoms with E-state index in [4.69, 9.17) is 0 Å². The molecule has 0 amide bonds. The van der Waals surface area contributed by atoms with Gasteiger partial charge in [0.05, 0.1) is 0 Å². The summed E-state index contributed by atoms with van der Waals surface area (Å²) in [6, 6.07) is 15.0. The smallest absolute Gasteiger partial charge is 0.0366 e. The highest BCUT2D eigenvalue weighted by atomic mass is 79.9. The zero-order chi connectivity index (χ0) is 9.54. The number of halogens is 1. The Morgan fingerprint density at radius 2 is 1.64 bits per heavy atom. The number of benzene rings is 2. The summed E-state index contributed by atoms with van der Waals surface area (Å²) in [7, 11) is 0. The van der Waals surface area contributed by atoms with E-state index in [1.165, 1.54) is 20.2 Å². The average molecular weight is 263 g/mol. The predicted octanol–water partition coefficient (Wildman–Crippen LogP) is 4.82. The topological polar surface area (TPSA) is 0 Å². The van der Waals surface area contributed by atoms with Crippen LogP contribution in [0, 0.1) is 0 Å². The van der Waals surface area contributed by atoms with Crippen molar-refractivity contribution in [2.45, 2.75) is 0 Å². The lowest BCUT2D eigenvalue weighted by Crippen LogP contribution is -1.65. The largest absolute Gasteiger partial charge is 0.135 e. The second-order valence-electron chi connectivity index (χ2n) is 3.24. The van der Waals surface area contributed by atoms with Gasteiger partial charge in [0.1, 0.15) is 0 Å². The van der Waals surface area contributed by atoms with Crippen molar-refractivity contribution in [1.82, 2.24) is 0 Å². The molecule has 0 saturated heterocycles.